The molecular weight excluding hydrogens is 214 g/mol. The van der Waals surface area contributed by atoms with E-state index in [0.29, 0.717) is 12.0 Å². The van der Waals surface area contributed by atoms with Gasteiger partial charge in [-0.25, -0.2) is 0 Å². The Morgan fingerprint density at radius 3 is 2.88 bits per heavy atom. The van der Waals surface area contributed by atoms with E-state index < -0.39 is 0 Å². The van der Waals surface area contributed by atoms with E-state index in [4.69, 9.17) is 4.74 Å². The SMILES string of the molecule is CCCNC(c1ccnn1C)C1CCOCC1. The number of hydrogen-bond donors (Lipinski definition) is 1. The zero-order valence-electron chi connectivity index (χ0n) is 10.9. The average molecular weight is 237 g/mol. The number of nitrogens with zero attached hydrogens (tertiary/aromatic N) is 2. The molecule has 1 aromatic heterocycles. The summed E-state index contributed by atoms with van der Waals surface area (Å²) in [5, 5.41) is 7.95. The monoisotopic (exact) mass is 237 g/mol. The van der Waals surface area contributed by atoms with Gasteiger partial charge in [0.25, 0.3) is 0 Å². The maximum Gasteiger partial charge on any atom is 0.0553 e. The highest BCUT2D eigenvalue weighted by molar-refractivity contribution is 5.08. The van der Waals surface area contributed by atoms with Gasteiger partial charge in [0.1, 0.15) is 0 Å². The molecule has 1 atom stereocenters. The molecule has 1 fully saturated rings. The quantitative estimate of drug-likeness (QED) is 0.850. The number of aryl methyl sites for hydroxylation is 1. The molecule has 0 amide bonds. The first kappa shape index (κ1) is 12.6. The molecule has 4 heteroatoms. The van der Waals surface area contributed by atoms with Crippen molar-refractivity contribution >= 4 is 0 Å². The molecule has 1 unspecified atom stereocenters. The summed E-state index contributed by atoms with van der Waals surface area (Å²) >= 11 is 0. The molecule has 1 N–H and O–H groups in total. The fourth-order valence-corrected chi connectivity index (χ4v) is 2.55. The standard InChI is InChI=1S/C13H23N3O/c1-3-7-14-13(11-5-9-17-10-6-11)12-4-8-15-16(12)2/h4,8,11,13-14H,3,5-7,9-10H2,1-2H3. The Labute approximate surface area is 103 Å². The Hall–Kier alpha value is -0.870. The molecule has 96 valence electrons. The van der Waals surface area contributed by atoms with Crippen molar-refractivity contribution in [2.75, 3.05) is 19.8 Å². The van der Waals surface area contributed by atoms with E-state index in [-0.39, 0.29) is 0 Å². The molecule has 0 spiro atoms. The van der Waals surface area contributed by atoms with Gasteiger partial charge in [-0.15, -0.1) is 0 Å². The summed E-state index contributed by atoms with van der Waals surface area (Å²) in [6, 6.07) is 2.55. The van der Waals surface area contributed by atoms with E-state index in [0.717, 1.165) is 39.0 Å². The van der Waals surface area contributed by atoms with Gasteiger partial charge in [-0.2, -0.15) is 5.10 Å². The van der Waals surface area contributed by atoms with E-state index in [2.05, 4.69) is 23.4 Å². The maximum atomic E-state index is 5.45. The normalized spacial score (nSPS) is 19.4. The molecule has 4 nitrogen and oxygen atoms in total. The molecule has 0 aromatic carbocycles. The highest BCUT2D eigenvalue weighted by Gasteiger charge is 2.26. The topological polar surface area (TPSA) is 39.1 Å². The molecule has 0 aliphatic carbocycles. The number of rotatable bonds is 5. The summed E-state index contributed by atoms with van der Waals surface area (Å²) in [4.78, 5) is 0. The summed E-state index contributed by atoms with van der Waals surface area (Å²) in [6.45, 7) is 5.06. The summed E-state index contributed by atoms with van der Waals surface area (Å²) in [5.41, 5.74) is 1.30. The molecular formula is C13H23N3O. The number of nitrogens with one attached hydrogen (secondary N) is 1. The minimum absolute atomic E-state index is 0.423. The van der Waals surface area contributed by atoms with Crippen molar-refractivity contribution in [2.24, 2.45) is 13.0 Å². The third kappa shape index (κ3) is 3.07. The highest BCUT2D eigenvalue weighted by atomic mass is 16.5. The number of hydrogen-bond acceptors (Lipinski definition) is 3. The molecule has 2 rings (SSSR count). The fraction of sp³-hybridized carbons (Fsp3) is 0.769. The molecule has 0 saturated carbocycles. The molecule has 17 heavy (non-hydrogen) atoms. The van der Waals surface area contributed by atoms with E-state index in [1.165, 1.54) is 5.69 Å². The van der Waals surface area contributed by atoms with Gasteiger partial charge in [0.15, 0.2) is 0 Å². The minimum Gasteiger partial charge on any atom is -0.381 e. The predicted octanol–water partition coefficient (Wildman–Crippen LogP) is 1.89. The predicted molar refractivity (Wildman–Crippen MR) is 67.8 cm³/mol. The van der Waals surface area contributed by atoms with Crippen LogP contribution in [0.15, 0.2) is 12.3 Å². The first-order chi connectivity index (χ1) is 8.33. The van der Waals surface area contributed by atoms with Gasteiger partial charge in [-0.1, -0.05) is 6.92 Å². The van der Waals surface area contributed by atoms with Crippen molar-refractivity contribution in [1.29, 1.82) is 0 Å². The van der Waals surface area contributed by atoms with Crippen molar-refractivity contribution in [3.05, 3.63) is 18.0 Å². The van der Waals surface area contributed by atoms with Crippen molar-refractivity contribution in [2.45, 2.75) is 32.2 Å². The van der Waals surface area contributed by atoms with E-state index >= 15 is 0 Å². The molecule has 1 aliphatic heterocycles. The Balaban J connectivity index is 2.09. The summed E-state index contributed by atoms with van der Waals surface area (Å²) in [7, 11) is 2.02. The molecule has 0 radical (unpaired) electrons. The van der Waals surface area contributed by atoms with E-state index in [1.807, 2.05) is 17.9 Å². The Morgan fingerprint density at radius 2 is 2.29 bits per heavy atom. The van der Waals surface area contributed by atoms with Gasteiger partial charge in [0, 0.05) is 26.5 Å². The lowest BCUT2D eigenvalue weighted by Gasteiger charge is -2.31. The van der Waals surface area contributed by atoms with Crippen LogP contribution in [0.1, 0.15) is 37.9 Å². The van der Waals surface area contributed by atoms with Crippen molar-refractivity contribution < 1.29 is 4.74 Å². The summed E-state index contributed by atoms with van der Waals surface area (Å²) < 4.78 is 7.44. The third-order valence-electron chi connectivity index (χ3n) is 3.53. The van der Waals surface area contributed by atoms with Crippen LogP contribution in [0, 0.1) is 5.92 Å². The lowest BCUT2D eigenvalue weighted by Crippen LogP contribution is -2.33. The Bertz CT molecular complexity index is 331. The van der Waals surface area contributed by atoms with Gasteiger partial charge in [0.05, 0.1) is 11.7 Å². The van der Waals surface area contributed by atoms with Gasteiger partial charge < -0.3 is 10.1 Å². The van der Waals surface area contributed by atoms with Crippen molar-refractivity contribution in [3.63, 3.8) is 0 Å². The minimum atomic E-state index is 0.423. The molecule has 2 heterocycles. The van der Waals surface area contributed by atoms with E-state index in [1.54, 1.807) is 0 Å². The van der Waals surface area contributed by atoms with Crippen LogP contribution in [0.3, 0.4) is 0 Å². The first-order valence-corrected chi connectivity index (χ1v) is 6.62. The van der Waals surface area contributed by atoms with Crippen molar-refractivity contribution in [1.82, 2.24) is 15.1 Å². The zero-order chi connectivity index (χ0) is 12.1. The van der Waals surface area contributed by atoms with Crippen LogP contribution in [0.4, 0.5) is 0 Å². The smallest absolute Gasteiger partial charge is 0.0553 e. The maximum absolute atomic E-state index is 5.45. The van der Waals surface area contributed by atoms with Crippen LogP contribution in [-0.2, 0) is 11.8 Å². The van der Waals surface area contributed by atoms with Crippen LogP contribution in [-0.4, -0.2) is 29.5 Å². The number of ether oxygens (including phenoxy) is 1. The van der Waals surface area contributed by atoms with Crippen LogP contribution in [0.25, 0.3) is 0 Å². The van der Waals surface area contributed by atoms with Crippen LogP contribution >= 0.6 is 0 Å². The second-order valence-electron chi connectivity index (χ2n) is 4.76. The third-order valence-corrected chi connectivity index (χ3v) is 3.53. The summed E-state index contributed by atoms with van der Waals surface area (Å²) in [6.07, 6.45) is 5.34. The lowest BCUT2D eigenvalue weighted by atomic mass is 9.89. The highest BCUT2D eigenvalue weighted by Crippen LogP contribution is 2.29. The molecule has 1 aliphatic rings. The molecule has 1 aromatic rings. The summed E-state index contributed by atoms with van der Waals surface area (Å²) in [5.74, 6) is 0.672. The van der Waals surface area contributed by atoms with Gasteiger partial charge in [-0.3, -0.25) is 4.68 Å². The largest absolute Gasteiger partial charge is 0.381 e. The number of aromatic nitrogens is 2. The van der Waals surface area contributed by atoms with Gasteiger partial charge in [0.2, 0.25) is 0 Å². The molecule has 0 bridgehead atoms. The second-order valence-corrected chi connectivity index (χ2v) is 4.76. The Kier molecular flexibility index (Phi) is 4.57. The average Bonchev–Trinajstić information content (AvgIpc) is 2.78. The first-order valence-electron chi connectivity index (χ1n) is 6.62. The van der Waals surface area contributed by atoms with Crippen LogP contribution < -0.4 is 5.32 Å². The van der Waals surface area contributed by atoms with Gasteiger partial charge >= 0.3 is 0 Å². The Morgan fingerprint density at radius 1 is 1.53 bits per heavy atom. The second kappa shape index (κ2) is 6.17. The van der Waals surface area contributed by atoms with Crippen LogP contribution in [0.5, 0.6) is 0 Å². The van der Waals surface area contributed by atoms with Gasteiger partial charge in [-0.05, 0) is 37.8 Å². The van der Waals surface area contributed by atoms with Crippen molar-refractivity contribution in [3.8, 4) is 0 Å². The fourth-order valence-electron chi connectivity index (χ4n) is 2.55. The van der Waals surface area contributed by atoms with Crippen LogP contribution in [0.2, 0.25) is 0 Å². The van der Waals surface area contributed by atoms with E-state index in [9.17, 15) is 0 Å². The molecule has 1 saturated heterocycles. The lowest BCUT2D eigenvalue weighted by molar-refractivity contribution is 0.0526. The zero-order valence-corrected chi connectivity index (χ0v) is 10.9.